The van der Waals surface area contributed by atoms with Gasteiger partial charge in [-0.2, -0.15) is 13.2 Å². The molecule has 1 aromatic heterocycles. The second-order valence-electron chi connectivity index (χ2n) is 4.65. The first kappa shape index (κ1) is 10.1. The van der Waals surface area contributed by atoms with E-state index >= 15 is 0 Å². The van der Waals surface area contributed by atoms with Crippen LogP contribution in [0.3, 0.4) is 0 Å². The molecule has 1 aromatic rings. The third-order valence-corrected chi connectivity index (χ3v) is 3.46. The molecule has 0 atom stereocenters. The smallest absolute Gasteiger partial charge is 0.305 e. The third-order valence-electron chi connectivity index (χ3n) is 3.46. The zero-order valence-corrected chi connectivity index (χ0v) is 8.51. The van der Waals surface area contributed by atoms with Crippen LogP contribution in [-0.2, 0) is 12.7 Å². The van der Waals surface area contributed by atoms with Crippen molar-refractivity contribution in [1.29, 1.82) is 0 Å². The Hall–Kier alpha value is -1.10. The van der Waals surface area contributed by atoms with Crippen LogP contribution in [-0.4, -0.2) is 10.5 Å². The maximum Gasteiger partial charge on any atom is 0.417 e. The predicted octanol–water partition coefficient (Wildman–Crippen LogP) is 2.35. The van der Waals surface area contributed by atoms with Gasteiger partial charge in [0.15, 0.2) is 0 Å². The molecule has 0 aromatic carbocycles. The zero-order chi connectivity index (χ0) is 11.4. The number of hydrogen-bond donors (Lipinski definition) is 1. The molecule has 2 saturated carbocycles. The molecule has 86 valence electrons. The fraction of sp³-hybridized carbons (Fsp3) is 0.545. The Morgan fingerprint density at radius 3 is 2.50 bits per heavy atom. The molecule has 1 heterocycles. The molecule has 3 rings (SSSR count). The lowest BCUT2D eigenvalue weighted by atomic mass is 10.2. The summed E-state index contributed by atoms with van der Waals surface area (Å²) in [6.45, 7) is 0.564. The Balaban J connectivity index is 1.63. The molecular weight excluding hydrogens is 217 g/mol. The van der Waals surface area contributed by atoms with Gasteiger partial charge in [0, 0.05) is 18.3 Å². The van der Waals surface area contributed by atoms with E-state index in [1.54, 1.807) is 0 Å². The molecule has 5 heteroatoms. The van der Waals surface area contributed by atoms with Crippen molar-refractivity contribution >= 4 is 0 Å². The molecule has 0 bridgehead atoms. The molecule has 16 heavy (non-hydrogen) atoms. The number of rotatable bonds is 3. The number of fused-ring (bicyclic) bond motifs is 1. The van der Waals surface area contributed by atoms with Gasteiger partial charge in [0.1, 0.15) is 0 Å². The van der Waals surface area contributed by atoms with Crippen LogP contribution in [0.4, 0.5) is 13.2 Å². The second kappa shape index (κ2) is 2.97. The van der Waals surface area contributed by atoms with E-state index in [1.165, 1.54) is 18.9 Å². The van der Waals surface area contributed by atoms with Gasteiger partial charge in [-0.05, 0) is 30.9 Å². The van der Waals surface area contributed by atoms with Crippen LogP contribution in [0.5, 0.6) is 0 Å². The molecule has 0 spiro atoms. The molecule has 1 N–H and O–H groups in total. The van der Waals surface area contributed by atoms with Crippen molar-refractivity contribution in [3.05, 3.63) is 29.6 Å². The topological polar surface area (TPSA) is 24.9 Å². The highest BCUT2D eigenvalue weighted by Gasteiger charge is 2.69. The molecule has 2 nitrogen and oxygen atoms in total. The van der Waals surface area contributed by atoms with Crippen LogP contribution in [0.25, 0.3) is 0 Å². The van der Waals surface area contributed by atoms with Crippen LogP contribution >= 0.6 is 0 Å². The van der Waals surface area contributed by atoms with Crippen molar-refractivity contribution in [2.75, 3.05) is 0 Å². The molecule has 2 fully saturated rings. The van der Waals surface area contributed by atoms with Gasteiger partial charge in [-0.25, -0.2) is 0 Å². The average Bonchev–Trinajstić information content (AvgIpc) is 3.02. The average molecular weight is 228 g/mol. The maximum absolute atomic E-state index is 12.3. The minimum Gasteiger partial charge on any atom is -0.305 e. The fourth-order valence-electron chi connectivity index (χ4n) is 1.95. The number of halogens is 3. The minimum absolute atomic E-state index is 0.338. The van der Waals surface area contributed by atoms with Gasteiger partial charge >= 0.3 is 6.18 Å². The Morgan fingerprint density at radius 1 is 1.38 bits per heavy atom. The molecule has 0 aliphatic heterocycles. The zero-order valence-electron chi connectivity index (χ0n) is 8.51. The number of nitrogens with zero attached hydrogens (tertiary/aromatic N) is 1. The summed E-state index contributed by atoms with van der Waals surface area (Å²) in [6, 6.07) is 2.52. The summed E-state index contributed by atoms with van der Waals surface area (Å²) < 4.78 is 36.8. The van der Waals surface area contributed by atoms with Crippen molar-refractivity contribution < 1.29 is 13.2 Å². The van der Waals surface area contributed by atoms with E-state index in [-0.39, 0.29) is 0 Å². The number of alkyl halides is 3. The van der Waals surface area contributed by atoms with E-state index in [1.807, 2.05) is 0 Å². The van der Waals surface area contributed by atoms with Gasteiger partial charge in [-0.3, -0.25) is 4.98 Å². The first-order valence-electron chi connectivity index (χ1n) is 5.27. The Kier molecular flexibility index (Phi) is 1.87. The van der Waals surface area contributed by atoms with E-state index in [0.717, 1.165) is 18.2 Å². The summed E-state index contributed by atoms with van der Waals surface area (Å²) >= 11 is 0. The van der Waals surface area contributed by atoms with E-state index in [4.69, 9.17) is 0 Å². The van der Waals surface area contributed by atoms with Crippen molar-refractivity contribution in [2.45, 2.75) is 31.1 Å². The molecule has 0 radical (unpaired) electrons. The predicted molar refractivity (Wildman–Crippen MR) is 51.5 cm³/mol. The normalized spacial score (nSPS) is 31.1. The highest BCUT2D eigenvalue weighted by molar-refractivity contribution is 5.27. The quantitative estimate of drug-likeness (QED) is 0.859. The number of aromatic nitrogens is 1. The van der Waals surface area contributed by atoms with Crippen LogP contribution < -0.4 is 5.32 Å². The lowest BCUT2D eigenvalue weighted by Gasteiger charge is -2.08. The Labute approximate surface area is 90.9 Å². The fourth-order valence-corrected chi connectivity index (χ4v) is 1.95. The van der Waals surface area contributed by atoms with Crippen LogP contribution in [0, 0.1) is 5.92 Å². The Morgan fingerprint density at radius 2 is 2.06 bits per heavy atom. The first-order valence-corrected chi connectivity index (χ1v) is 5.27. The van der Waals surface area contributed by atoms with Crippen LogP contribution in [0.15, 0.2) is 18.3 Å². The van der Waals surface area contributed by atoms with Crippen molar-refractivity contribution in [3.63, 3.8) is 0 Å². The molecule has 0 unspecified atom stereocenters. The summed E-state index contributed by atoms with van der Waals surface area (Å²) in [4.78, 5) is 3.81. The third kappa shape index (κ3) is 1.69. The van der Waals surface area contributed by atoms with Gasteiger partial charge in [0.2, 0.25) is 0 Å². The maximum atomic E-state index is 12.3. The monoisotopic (exact) mass is 228 g/mol. The SMILES string of the molecule is FC(F)(F)c1ccc(CNC23CC2C3)nc1. The number of nitrogens with one attached hydrogen (secondary N) is 1. The van der Waals surface area contributed by atoms with E-state index < -0.39 is 11.7 Å². The summed E-state index contributed by atoms with van der Waals surface area (Å²) in [6.07, 6.45) is -0.969. The summed E-state index contributed by atoms with van der Waals surface area (Å²) in [7, 11) is 0. The van der Waals surface area contributed by atoms with Crippen molar-refractivity contribution in [1.82, 2.24) is 10.3 Å². The minimum atomic E-state index is -4.30. The van der Waals surface area contributed by atoms with Gasteiger partial charge in [0.05, 0.1) is 11.3 Å². The molecule has 2 aliphatic rings. The number of pyridine rings is 1. The van der Waals surface area contributed by atoms with Crippen molar-refractivity contribution in [3.8, 4) is 0 Å². The van der Waals surface area contributed by atoms with Gasteiger partial charge in [-0.1, -0.05) is 0 Å². The molecule has 2 aliphatic carbocycles. The summed E-state index contributed by atoms with van der Waals surface area (Å²) in [5.74, 6) is 0.821. The van der Waals surface area contributed by atoms with E-state index in [2.05, 4.69) is 10.3 Å². The van der Waals surface area contributed by atoms with Crippen LogP contribution in [0.2, 0.25) is 0 Å². The van der Waals surface area contributed by atoms with E-state index in [9.17, 15) is 13.2 Å². The van der Waals surface area contributed by atoms with E-state index in [0.29, 0.717) is 17.8 Å². The van der Waals surface area contributed by atoms with Crippen LogP contribution in [0.1, 0.15) is 24.1 Å². The summed E-state index contributed by atoms with van der Waals surface area (Å²) in [5, 5.41) is 3.34. The Bertz CT molecular complexity index is 404. The van der Waals surface area contributed by atoms with Gasteiger partial charge < -0.3 is 5.32 Å². The van der Waals surface area contributed by atoms with Gasteiger partial charge in [0.25, 0.3) is 0 Å². The molecule has 0 saturated heterocycles. The standard InChI is InChI=1S/C11H11F3N2/c12-11(13,14)7-1-2-9(15-5-7)6-16-10-3-8(10)4-10/h1-2,5,8,16H,3-4,6H2. The first-order chi connectivity index (χ1) is 7.50. The lowest BCUT2D eigenvalue weighted by Crippen LogP contribution is -2.23. The largest absolute Gasteiger partial charge is 0.417 e. The highest BCUT2D eigenvalue weighted by Crippen LogP contribution is 2.66. The molecule has 0 amide bonds. The summed E-state index contributed by atoms with van der Waals surface area (Å²) in [5.41, 5.74) is 0.315. The molecular formula is C11H11F3N2. The van der Waals surface area contributed by atoms with Crippen molar-refractivity contribution in [2.24, 2.45) is 5.92 Å². The lowest BCUT2D eigenvalue weighted by molar-refractivity contribution is -0.137. The highest BCUT2D eigenvalue weighted by atomic mass is 19.4. The van der Waals surface area contributed by atoms with Gasteiger partial charge in [-0.15, -0.1) is 0 Å². The number of hydrogen-bond acceptors (Lipinski definition) is 2. The second-order valence-corrected chi connectivity index (χ2v) is 4.65.